The molecular weight excluding hydrogens is 336 g/mol. The summed E-state index contributed by atoms with van der Waals surface area (Å²) >= 11 is 0. The van der Waals surface area contributed by atoms with Crippen molar-refractivity contribution in [1.82, 2.24) is 15.2 Å². The molecule has 5 heteroatoms. The van der Waals surface area contributed by atoms with Gasteiger partial charge in [0.05, 0.1) is 18.5 Å². The minimum atomic E-state index is -0.221. The number of rotatable bonds is 6. The lowest BCUT2D eigenvalue weighted by Crippen LogP contribution is -2.17. The van der Waals surface area contributed by atoms with Crippen LogP contribution in [0.5, 0.6) is 0 Å². The highest BCUT2D eigenvalue weighted by molar-refractivity contribution is 5.95. The first-order chi connectivity index (χ1) is 13.1. The van der Waals surface area contributed by atoms with Gasteiger partial charge in [-0.05, 0) is 43.5 Å². The number of hydrazone groups is 1. The van der Waals surface area contributed by atoms with Gasteiger partial charge in [-0.3, -0.25) is 9.48 Å². The van der Waals surface area contributed by atoms with Gasteiger partial charge in [-0.1, -0.05) is 49.4 Å². The smallest absolute Gasteiger partial charge is 0.267 e. The zero-order chi connectivity index (χ0) is 19.2. The number of amides is 1. The number of carbonyl (C=O) groups excluding carboxylic acids is 1. The van der Waals surface area contributed by atoms with Crippen LogP contribution in [-0.4, -0.2) is 21.9 Å². The van der Waals surface area contributed by atoms with Crippen molar-refractivity contribution in [1.29, 1.82) is 0 Å². The Morgan fingerprint density at radius 1 is 1.07 bits per heavy atom. The van der Waals surface area contributed by atoms with Crippen LogP contribution in [0.15, 0.2) is 59.7 Å². The van der Waals surface area contributed by atoms with E-state index < -0.39 is 0 Å². The quantitative estimate of drug-likeness (QED) is 0.536. The molecule has 138 valence electrons. The molecule has 3 rings (SSSR count). The lowest BCUT2D eigenvalue weighted by molar-refractivity contribution is 0.0955. The second-order valence-corrected chi connectivity index (χ2v) is 6.48. The molecule has 3 aromatic rings. The Balaban J connectivity index is 1.68. The van der Waals surface area contributed by atoms with Gasteiger partial charge < -0.3 is 0 Å². The summed E-state index contributed by atoms with van der Waals surface area (Å²) in [5.74, 6) is -0.221. The van der Waals surface area contributed by atoms with E-state index in [1.165, 1.54) is 11.1 Å². The molecule has 2 aromatic carbocycles. The standard InChI is InChI=1S/C22H24N4O/c1-4-18-10-12-20(13-11-18)22(27)24-23-14-21-16(2)25-26(17(21)3)15-19-8-6-5-7-9-19/h5-14H,4,15H2,1-3H3,(H,24,27)/b23-14-. The molecule has 1 N–H and O–H groups in total. The van der Waals surface area contributed by atoms with Crippen LogP contribution in [0.2, 0.25) is 0 Å². The average molecular weight is 360 g/mol. The fourth-order valence-electron chi connectivity index (χ4n) is 2.92. The van der Waals surface area contributed by atoms with Crippen molar-refractivity contribution in [3.8, 4) is 0 Å². The predicted octanol–water partition coefficient (Wildman–Crippen LogP) is 3.87. The Labute approximate surface area is 159 Å². The molecule has 0 saturated heterocycles. The maximum atomic E-state index is 12.2. The molecular formula is C22H24N4O. The Hall–Kier alpha value is -3.21. The molecule has 0 spiro atoms. The highest BCUT2D eigenvalue weighted by Crippen LogP contribution is 2.13. The van der Waals surface area contributed by atoms with E-state index in [4.69, 9.17) is 0 Å². The van der Waals surface area contributed by atoms with E-state index in [0.717, 1.165) is 23.4 Å². The summed E-state index contributed by atoms with van der Waals surface area (Å²) in [7, 11) is 0. The fraction of sp³-hybridized carbons (Fsp3) is 0.227. The van der Waals surface area contributed by atoms with Crippen molar-refractivity contribution in [3.05, 3.63) is 88.2 Å². The maximum absolute atomic E-state index is 12.2. The first-order valence-electron chi connectivity index (χ1n) is 9.08. The second kappa shape index (κ2) is 8.45. The predicted molar refractivity (Wildman–Crippen MR) is 108 cm³/mol. The first-order valence-corrected chi connectivity index (χ1v) is 9.08. The molecule has 5 nitrogen and oxygen atoms in total. The number of nitrogens with zero attached hydrogens (tertiary/aromatic N) is 3. The van der Waals surface area contributed by atoms with Gasteiger partial charge in [0.1, 0.15) is 0 Å². The highest BCUT2D eigenvalue weighted by Gasteiger charge is 2.10. The summed E-state index contributed by atoms with van der Waals surface area (Å²) in [4.78, 5) is 12.2. The molecule has 0 bridgehead atoms. The summed E-state index contributed by atoms with van der Waals surface area (Å²) in [5.41, 5.74) is 8.40. The Morgan fingerprint density at radius 3 is 2.44 bits per heavy atom. The minimum Gasteiger partial charge on any atom is -0.267 e. The van der Waals surface area contributed by atoms with E-state index >= 15 is 0 Å². The summed E-state index contributed by atoms with van der Waals surface area (Å²) in [6.45, 7) is 6.75. The molecule has 1 heterocycles. The van der Waals surface area contributed by atoms with Crippen molar-refractivity contribution < 1.29 is 4.79 Å². The van der Waals surface area contributed by atoms with E-state index in [1.54, 1.807) is 6.21 Å². The van der Waals surface area contributed by atoms with Crippen LogP contribution in [0, 0.1) is 13.8 Å². The first kappa shape index (κ1) is 18.6. The largest absolute Gasteiger partial charge is 0.271 e. The number of benzene rings is 2. The number of hydrogen-bond donors (Lipinski definition) is 1. The highest BCUT2D eigenvalue weighted by atomic mass is 16.2. The zero-order valence-corrected chi connectivity index (χ0v) is 15.9. The number of aromatic nitrogens is 2. The van der Waals surface area contributed by atoms with E-state index in [-0.39, 0.29) is 5.91 Å². The third kappa shape index (κ3) is 4.50. The van der Waals surface area contributed by atoms with Gasteiger partial charge in [0, 0.05) is 16.8 Å². The van der Waals surface area contributed by atoms with Gasteiger partial charge in [0.2, 0.25) is 0 Å². The minimum absolute atomic E-state index is 0.221. The molecule has 0 atom stereocenters. The summed E-state index contributed by atoms with van der Waals surface area (Å²) in [5, 5.41) is 8.72. The van der Waals surface area contributed by atoms with Crippen molar-refractivity contribution in [2.75, 3.05) is 0 Å². The van der Waals surface area contributed by atoms with E-state index in [2.05, 4.69) is 34.7 Å². The Morgan fingerprint density at radius 2 is 1.78 bits per heavy atom. The molecule has 0 fully saturated rings. The van der Waals surface area contributed by atoms with Crippen LogP contribution in [0.25, 0.3) is 0 Å². The van der Waals surface area contributed by atoms with Gasteiger partial charge in [-0.2, -0.15) is 10.2 Å². The van der Waals surface area contributed by atoms with Crippen LogP contribution in [-0.2, 0) is 13.0 Å². The van der Waals surface area contributed by atoms with Crippen LogP contribution in [0.4, 0.5) is 0 Å². The molecule has 0 radical (unpaired) electrons. The average Bonchev–Trinajstić information content (AvgIpc) is 2.96. The third-order valence-corrected chi connectivity index (χ3v) is 4.60. The molecule has 27 heavy (non-hydrogen) atoms. The Kier molecular flexibility index (Phi) is 5.81. The van der Waals surface area contributed by atoms with Crippen molar-refractivity contribution in [2.24, 2.45) is 5.10 Å². The summed E-state index contributed by atoms with van der Waals surface area (Å²) in [6, 6.07) is 17.7. The molecule has 0 aliphatic carbocycles. The van der Waals surface area contributed by atoms with E-state index in [9.17, 15) is 4.79 Å². The molecule has 0 aliphatic rings. The maximum Gasteiger partial charge on any atom is 0.271 e. The van der Waals surface area contributed by atoms with E-state index in [0.29, 0.717) is 12.1 Å². The molecule has 0 unspecified atom stereocenters. The molecule has 1 aromatic heterocycles. The topological polar surface area (TPSA) is 59.3 Å². The second-order valence-electron chi connectivity index (χ2n) is 6.48. The SMILES string of the molecule is CCc1ccc(C(=O)N/N=C\c2c(C)nn(Cc3ccccc3)c2C)cc1. The van der Waals surface area contributed by atoms with Crippen LogP contribution in [0.1, 0.15) is 45.4 Å². The molecule has 1 amide bonds. The molecule has 0 saturated carbocycles. The lowest BCUT2D eigenvalue weighted by atomic mass is 10.1. The van der Waals surface area contributed by atoms with Crippen molar-refractivity contribution in [2.45, 2.75) is 33.7 Å². The number of carbonyl (C=O) groups is 1. The molecule has 0 aliphatic heterocycles. The number of hydrogen-bond acceptors (Lipinski definition) is 3. The van der Waals surface area contributed by atoms with Crippen molar-refractivity contribution >= 4 is 12.1 Å². The third-order valence-electron chi connectivity index (χ3n) is 4.60. The number of aryl methyl sites for hydroxylation is 2. The van der Waals surface area contributed by atoms with Gasteiger partial charge in [0.25, 0.3) is 5.91 Å². The number of nitrogens with one attached hydrogen (secondary N) is 1. The lowest BCUT2D eigenvalue weighted by Gasteiger charge is -2.04. The van der Waals surface area contributed by atoms with Crippen molar-refractivity contribution in [3.63, 3.8) is 0 Å². The fourth-order valence-corrected chi connectivity index (χ4v) is 2.92. The van der Waals surface area contributed by atoms with Gasteiger partial charge >= 0.3 is 0 Å². The van der Waals surface area contributed by atoms with Gasteiger partial charge in [0.15, 0.2) is 0 Å². The van der Waals surface area contributed by atoms with Gasteiger partial charge in [-0.25, -0.2) is 5.43 Å². The van der Waals surface area contributed by atoms with Gasteiger partial charge in [-0.15, -0.1) is 0 Å². The normalized spacial score (nSPS) is 11.1. The van der Waals surface area contributed by atoms with Crippen LogP contribution >= 0.6 is 0 Å². The zero-order valence-electron chi connectivity index (χ0n) is 15.9. The summed E-state index contributed by atoms with van der Waals surface area (Å²) in [6.07, 6.45) is 2.61. The van der Waals surface area contributed by atoms with E-state index in [1.807, 2.05) is 61.0 Å². The summed E-state index contributed by atoms with van der Waals surface area (Å²) < 4.78 is 1.96. The van der Waals surface area contributed by atoms with Crippen LogP contribution < -0.4 is 5.43 Å². The monoisotopic (exact) mass is 360 g/mol. The van der Waals surface area contributed by atoms with Crippen LogP contribution in [0.3, 0.4) is 0 Å². The Bertz CT molecular complexity index is 940.